The van der Waals surface area contributed by atoms with Crippen LogP contribution in [-0.4, -0.2) is 53.9 Å². The van der Waals surface area contributed by atoms with Crippen molar-refractivity contribution in [3.8, 4) is 0 Å². The van der Waals surface area contributed by atoms with E-state index in [1.54, 1.807) is 7.05 Å². The van der Waals surface area contributed by atoms with Crippen molar-refractivity contribution in [2.24, 2.45) is 11.5 Å². The molecule has 0 fully saturated rings. The van der Waals surface area contributed by atoms with Gasteiger partial charge in [-0.25, -0.2) is 0 Å². The van der Waals surface area contributed by atoms with E-state index in [9.17, 15) is 9.59 Å². The molecule has 0 unspecified atom stereocenters. The number of carbonyl (C=O) groups excluding carboxylic acids is 2. The number of H-pyrrole nitrogens is 1. The molecule has 1 aromatic carbocycles. The van der Waals surface area contributed by atoms with Gasteiger partial charge < -0.3 is 26.7 Å². The standard InChI is InChI=1S/C21H33N5O2/c1-4-24-20(27)19(26(3)21(28)17(23)10-7-8-12-22)13-16-14(2)25-18-11-6-5-9-15(16)18/h5-6,9,11,17,19,25H,4,7-8,10,12-13,22-23H2,1-3H3,(H,24,27)/t17-,19-/m0/s1. The number of nitrogens with zero attached hydrogens (tertiary/aromatic N) is 1. The maximum atomic E-state index is 12.8. The topological polar surface area (TPSA) is 117 Å². The van der Waals surface area contributed by atoms with Gasteiger partial charge >= 0.3 is 0 Å². The molecule has 0 saturated carbocycles. The average molecular weight is 388 g/mol. The summed E-state index contributed by atoms with van der Waals surface area (Å²) in [4.78, 5) is 30.5. The summed E-state index contributed by atoms with van der Waals surface area (Å²) in [5.41, 5.74) is 14.7. The lowest BCUT2D eigenvalue weighted by molar-refractivity contribution is -0.140. The average Bonchev–Trinajstić information content (AvgIpc) is 3.00. The summed E-state index contributed by atoms with van der Waals surface area (Å²) >= 11 is 0. The number of hydrogen-bond acceptors (Lipinski definition) is 4. The summed E-state index contributed by atoms with van der Waals surface area (Å²) in [5.74, 6) is -0.386. The molecule has 0 aliphatic carbocycles. The van der Waals surface area contributed by atoms with E-state index < -0.39 is 12.1 Å². The number of amides is 2. The fraction of sp³-hybridized carbons (Fsp3) is 0.524. The van der Waals surface area contributed by atoms with Crippen LogP contribution >= 0.6 is 0 Å². The number of aromatic nitrogens is 1. The Labute approximate surface area is 166 Å². The zero-order valence-corrected chi connectivity index (χ0v) is 17.1. The number of nitrogens with two attached hydrogens (primary N) is 2. The minimum absolute atomic E-state index is 0.169. The number of fused-ring (bicyclic) bond motifs is 1. The molecule has 2 amide bonds. The quantitative estimate of drug-likeness (QED) is 0.461. The summed E-state index contributed by atoms with van der Waals surface area (Å²) < 4.78 is 0. The molecule has 1 heterocycles. The first kappa shape index (κ1) is 21.9. The molecule has 28 heavy (non-hydrogen) atoms. The molecule has 1 aromatic heterocycles. The zero-order valence-electron chi connectivity index (χ0n) is 17.1. The third kappa shape index (κ3) is 5.11. The van der Waals surface area contributed by atoms with Crippen molar-refractivity contribution in [3.05, 3.63) is 35.5 Å². The van der Waals surface area contributed by atoms with Crippen molar-refractivity contribution in [2.75, 3.05) is 20.1 Å². The monoisotopic (exact) mass is 387 g/mol. The number of likely N-dealkylation sites (N-methyl/N-ethyl adjacent to an activating group) is 2. The van der Waals surface area contributed by atoms with E-state index in [0.29, 0.717) is 25.9 Å². The van der Waals surface area contributed by atoms with Crippen LogP contribution in [0.5, 0.6) is 0 Å². The number of hydrogen-bond donors (Lipinski definition) is 4. The smallest absolute Gasteiger partial charge is 0.243 e. The Morgan fingerprint density at radius 2 is 1.96 bits per heavy atom. The van der Waals surface area contributed by atoms with Gasteiger partial charge in [-0.1, -0.05) is 24.6 Å². The fourth-order valence-electron chi connectivity index (χ4n) is 3.54. The fourth-order valence-corrected chi connectivity index (χ4v) is 3.54. The summed E-state index contributed by atoms with van der Waals surface area (Å²) in [7, 11) is 1.66. The predicted octanol–water partition coefficient (Wildman–Crippen LogP) is 1.44. The van der Waals surface area contributed by atoms with Crippen LogP contribution in [0.25, 0.3) is 10.9 Å². The van der Waals surface area contributed by atoms with E-state index in [4.69, 9.17) is 11.5 Å². The van der Waals surface area contributed by atoms with Crippen LogP contribution in [-0.2, 0) is 16.0 Å². The van der Waals surface area contributed by atoms with E-state index >= 15 is 0 Å². The Morgan fingerprint density at radius 3 is 2.64 bits per heavy atom. The van der Waals surface area contributed by atoms with E-state index in [1.807, 2.05) is 38.1 Å². The summed E-state index contributed by atoms with van der Waals surface area (Å²) in [6.45, 7) is 4.95. The summed E-state index contributed by atoms with van der Waals surface area (Å²) in [6, 6.07) is 6.74. The molecule has 0 spiro atoms. The highest BCUT2D eigenvalue weighted by molar-refractivity contribution is 5.91. The third-order valence-corrected chi connectivity index (χ3v) is 5.18. The van der Waals surface area contributed by atoms with Crippen LogP contribution < -0.4 is 16.8 Å². The number of aryl methyl sites for hydroxylation is 1. The first-order chi connectivity index (χ1) is 13.4. The van der Waals surface area contributed by atoms with Gasteiger partial charge in [-0.3, -0.25) is 9.59 Å². The van der Waals surface area contributed by atoms with Gasteiger partial charge in [0.2, 0.25) is 11.8 Å². The van der Waals surface area contributed by atoms with Gasteiger partial charge in [-0.2, -0.15) is 0 Å². The molecule has 2 rings (SSSR count). The molecule has 0 aliphatic rings. The molecule has 7 heteroatoms. The van der Waals surface area contributed by atoms with Gasteiger partial charge in [0.1, 0.15) is 6.04 Å². The minimum Gasteiger partial charge on any atom is -0.358 e. The predicted molar refractivity (Wildman–Crippen MR) is 113 cm³/mol. The minimum atomic E-state index is -0.627. The SMILES string of the molecule is CCNC(=O)[C@H](Cc1c(C)[nH]c2ccccc12)N(C)C(=O)[C@@H](N)CCCCN. The van der Waals surface area contributed by atoms with Crippen molar-refractivity contribution in [1.82, 2.24) is 15.2 Å². The molecule has 0 radical (unpaired) electrons. The molecule has 2 aromatic rings. The highest BCUT2D eigenvalue weighted by Crippen LogP contribution is 2.24. The number of rotatable bonds is 10. The van der Waals surface area contributed by atoms with Crippen LogP contribution in [0.15, 0.2) is 24.3 Å². The van der Waals surface area contributed by atoms with Crippen molar-refractivity contribution in [3.63, 3.8) is 0 Å². The second-order valence-corrected chi connectivity index (χ2v) is 7.23. The Bertz CT molecular complexity index is 801. The second-order valence-electron chi connectivity index (χ2n) is 7.23. The molecule has 0 saturated heterocycles. The van der Waals surface area contributed by atoms with E-state index in [1.165, 1.54) is 4.90 Å². The number of para-hydroxylation sites is 1. The lowest BCUT2D eigenvalue weighted by atomic mass is 10.00. The van der Waals surface area contributed by atoms with Crippen LogP contribution in [0.4, 0.5) is 0 Å². The number of benzene rings is 1. The van der Waals surface area contributed by atoms with E-state index in [-0.39, 0.29) is 11.8 Å². The van der Waals surface area contributed by atoms with Gasteiger partial charge in [-0.05, 0) is 44.9 Å². The highest BCUT2D eigenvalue weighted by Gasteiger charge is 2.30. The van der Waals surface area contributed by atoms with Crippen LogP contribution in [0, 0.1) is 6.92 Å². The lowest BCUT2D eigenvalue weighted by Crippen LogP contribution is -2.53. The first-order valence-electron chi connectivity index (χ1n) is 9.96. The first-order valence-corrected chi connectivity index (χ1v) is 9.96. The number of nitrogens with one attached hydrogen (secondary N) is 2. The molecule has 0 aliphatic heterocycles. The number of unbranched alkanes of at least 4 members (excludes halogenated alkanes) is 1. The maximum Gasteiger partial charge on any atom is 0.243 e. The molecular weight excluding hydrogens is 354 g/mol. The second kappa shape index (κ2) is 10.2. The lowest BCUT2D eigenvalue weighted by Gasteiger charge is -2.29. The van der Waals surface area contributed by atoms with Gasteiger partial charge in [0.15, 0.2) is 0 Å². The Morgan fingerprint density at radius 1 is 1.25 bits per heavy atom. The van der Waals surface area contributed by atoms with Crippen molar-refractivity contribution >= 4 is 22.7 Å². The van der Waals surface area contributed by atoms with Crippen LogP contribution in [0.3, 0.4) is 0 Å². The van der Waals surface area contributed by atoms with Gasteiger partial charge in [-0.15, -0.1) is 0 Å². The molecular formula is C21H33N5O2. The Hall–Kier alpha value is -2.38. The van der Waals surface area contributed by atoms with E-state index in [2.05, 4.69) is 10.3 Å². The Balaban J connectivity index is 2.25. The molecule has 2 atom stereocenters. The number of carbonyl (C=O) groups is 2. The largest absolute Gasteiger partial charge is 0.358 e. The molecule has 154 valence electrons. The van der Waals surface area contributed by atoms with Gasteiger partial charge in [0.05, 0.1) is 6.04 Å². The summed E-state index contributed by atoms with van der Waals surface area (Å²) in [5, 5.41) is 3.92. The normalized spacial score (nSPS) is 13.3. The Kier molecular flexibility index (Phi) is 8.02. The van der Waals surface area contributed by atoms with Crippen molar-refractivity contribution < 1.29 is 9.59 Å². The van der Waals surface area contributed by atoms with Gasteiger partial charge in [0.25, 0.3) is 0 Å². The summed E-state index contributed by atoms with van der Waals surface area (Å²) in [6.07, 6.45) is 2.62. The van der Waals surface area contributed by atoms with Gasteiger partial charge in [0, 0.05) is 36.6 Å². The molecule has 0 bridgehead atoms. The van der Waals surface area contributed by atoms with Crippen LogP contribution in [0.1, 0.15) is 37.4 Å². The molecule has 6 N–H and O–H groups in total. The van der Waals surface area contributed by atoms with E-state index in [0.717, 1.165) is 35.0 Å². The molecule has 7 nitrogen and oxygen atoms in total. The zero-order chi connectivity index (χ0) is 20.7. The third-order valence-electron chi connectivity index (χ3n) is 5.18. The van der Waals surface area contributed by atoms with Crippen molar-refractivity contribution in [2.45, 2.75) is 51.6 Å². The highest BCUT2D eigenvalue weighted by atomic mass is 16.2. The van der Waals surface area contributed by atoms with Crippen molar-refractivity contribution in [1.29, 1.82) is 0 Å². The van der Waals surface area contributed by atoms with Crippen LogP contribution in [0.2, 0.25) is 0 Å². The number of aromatic amines is 1. The maximum absolute atomic E-state index is 12.8.